The Morgan fingerprint density at radius 3 is 2.05 bits per heavy atom. The van der Waals surface area contributed by atoms with Crippen LogP contribution >= 0.6 is 0 Å². The van der Waals surface area contributed by atoms with E-state index in [-0.39, 0.29) is 17.8 Å². The molecule has 6 nitrogen and oxygen atoms in total. The number of ketones is 1. The Morgan fingerprint density at radius 2 is 1.61 bits per heavy atom. The lowest BCUT2D eigenvalue weighted by Crippen LogP contribution is -2.33. The van der Waals surface area contributed by atoms with Gasteiger partial charge in [0.2, 0.25) is 5.85 Å². The summed E-state index contributed by atoms with van der Waals surface area (Å²) in [5.41, 5.74) is 2.40. The Labute approximate surface area is 231 Å². The molecule has 0 saturated heterocycles. The van der Waals surface area contributed by atoms with Gasteiger partial charge in [0.15, 0.2) is 5.78 Å². The lowest BCUT2D eigenvalue weighted by Gasteiger charge is -2.25. The van der Waals surface area contributed by atoms with E-state index >= 15 is 0 Å². The lowest BCUT2D eigenvalue weighted by atomic mass is 9.87. The van der Waals surface area contributed by atoms with Crippen molar-refractivity contribution in [2.45, 2.75) is 133 Å². The summed E-state index contributed by atoms with van der Waals surface area (Å²) in [4.78, 5) is 34.0. The number of allylic oxidation sites excluding steroid dienone is 1. The van der Waals surface area contributed by atoms with E-state index in [9.17, 15) is 14.0 Å². The molecule has 0 radical (unpaired) electrons. The summed E-state index contributed by atoms with van der Waals surface area (Å²) < 4.78 is 24.4. The Bertz CT molecular complexity index is 904. The van der Waals surface area contributed by atoms with Crippen LogP contribution in [0.15, 0.2) is 11.8 Å². The van der Waals surface area contributed by atoms with Crippen molar-refractivity contribution >= 4 is 17.8 Å². The number of aryl methyl sites for hydroxylation is 1. The predicted octanol–water partition coefficient (Wildman–Crippen LogP) is 8.46. The third-order valence-electron chi connectivity index (χ3n) is 5.88. The van der Waals surface area contributed by atoms with Gasteiger partial charge in [-0.15, -0.1) is 0 Å². The van der Waals surface area contributed by atoms with Crippen molar-refractivity contribution < 1.29 is 23.5 Å². The van der Waals surface area contributed by atoms with Crippen LogP contribution in [0.1, 0.15) is 137 Å². The van der Waals surface area contributed by atoms with Gasteiger partial charge < -0.3 is 9.47 Å². The molecule has 0 N–H and O–H groups in total. The Kier molecular flexibility index (Phi) is 15.2. The number of ether oxygens (including phenoxy) is 2. The SMILES string of the molecule is C/C(=C\c1ncc(C(=O)CCCC[C@H](COC(C)(C)F)C(=O)OC(C)(C)C)nc1C)C(C)(C)C.CCCC. The number of unbranched alkanes of at least 4 members (excludes halogenated alkanes) is 2. The second-order valence-corrected chi connectivity index (χ2v) is 12.4. The largest absolute Gasteiger partial charge is 0.460 e. The maximum atomic E-state index is 13.8. The van der Waals surface area contributed by atoms with Crippen LogP contribution in [-0.4, -0.2) is 39.8 Å². The van der Waals surface area contributed by atoms with Gasteiger partial charge in [-0.25, -0.2) is 9.37 Å². The third kappa shape index (κ3) is 16.0. The molecule has 7 heteroatoms. The van der Waals surface area contributed by atoms with Crippen LogP contribution < -0.4 is 0 Å². The van der Waals surface area contributed by atoms with Crippen molar-refractivity contribution in [3.05, 3.63) is 28.9 Å². The highest BCUT2D eigenvalue weighted by Gasteiger charge is 2.28. The molecule has 218 valence electrons. The van der Waals surface area contributed by atoms with Crippen LogP contribution in [0.4, 0.5) is 4.39 Å². The highest BCUT2D eigenvalue weighted by atomic mass is 19.2. The van der Waals surface area contributed by atoms with Gasteiger partial charge in [0, 0.05) is 6.42 Å². The molecular formula is C31H53FN2O4. The smallest absolute Gasteiger partial charge is 0.311 e. The van der Waals surface area contributed by atoms with E-state index in [1.54, 1.807) is 20.8 Å². The van der Waals surface area contributed by atoms with Crippen molar-refractivity contribution in [3.63, 3.8) is 0 Å². The topological polar surface area (TPSA) is 78.4 Å². The maximum Gasteiger partial charge on any atom is 0.311 e. The Morgan fingerprint density at radius 1 is 1.03 bits per heavy atom. The molecule has 0 saturated carbocycles. The molecule has 1 heterocycles. The fourth-order valence-corrected chi connectivity index (χ4v) is 2.95. The monoisotopic (exact) mass is 536 g/mol. The molecule has 0 aliphatic carbocycles. The summed E-state index contributed by atoms with van der Waals surface area (Å²) in [6.45, 7) is 22.6. The zero-order valence-electron chi connectivity index (χ0n) is 26.1. The standard InChI is InChI=1S/C27H43FN2O4.C4H10/c1-18(25(3,4)5)15-21-19(2)30-22(16-29-21)23(31)14-12-11-13-20(17-33-27(9,10)28)24(32)34-26(6,7)8;1-3-4-2/h15-16,20H,11-14,17H2,1-10H3;3-4H2,1-2H3/b18-15+;/t20-;/m1./s1. The number of halogens is 1. The number of rotatable bonds is 12. The molecule has 0 amide bonds. The first-order valence-electron chi connectivity index (χ1n) is 13.9. The minimum Gasteiger partial charge on any atom is -0.460 e. The van der Waals surface area contributed by atoms with Gasteiger partial charge >= 0.3 is 5.97 Å². The molecule has 0 fully saturated rings. The van der Waals surface area contributed by atoms with Gasteiger partial charge in [-0.2, -0.15) is 0 Å². The molecular weight excluding hydrogens is 483 g/mol. The minimum absolute atomic E-state index is 0.0325. The van der Waals surface area contributed by atoms with Gasteiger partial charge in [-0.3, -0.25) is 14.6 Å². The Balaban J connectivity index is 0.00000318. The average Bonchev–Trinajstić information content (AvgIpc) is 2.77. The van der Waals surface area contributed by atoms with Crippen LogP contribution in [0, 0.1) is 18.3 Å². The van der Waals surface area contributed by atoms with E-state index in [0.29, 0.717) is 37.1 Å². The third-order valence-corrected chi connectivity index (χ3v) is 5.88. The number of esters is 1. The van der Waals surface area contributed by atoms with Crippen LogP contribution in [0.5, 0.6) is 0 Å². The summed E-state index contributed by atoms with van der Waals surface area (Å²) in [5.74, 6) is -2.93. The molecule has 0 unspecified atom stereocenters. The number of alkyl halides is 1. The van der Waals surface area contributed by atoms with Crippen molar-refractivity contribution in [1.82, 2.24) is 9.97 Å². The van der Waals surface area contributed by atoms with Crippen LogP contribution in [-0.2, 0) is 14.3 Å². The number of aromatic nitrogens is 2. The second kappa shape index (κ2) is 16.1. The fourth-order valence-electron chi connectivity index (χ4n) is 2.95. The first kappa shape index (κ1) is 35.9. The summed E-state index contributed by atoms with van der Waals surface area (Å²) >= 11 is 0. The van der Waals surface area contributed by atoms with Gasteiger partial charge in [0.05, 0.1) is 30.1 Å². The average molecular weight is 537 g/mol. The zero-order chi connectivity index (χ0) is 29.7. The lowest BCUT2D eigenvalue weighted by molar-refractivity contribution is -0.171. The molecule has 1 rings (SSSR count). The minimum atomic E-state index is -1.83. The van der Waals surface area contributed by atoms with E-state index in [2.05, 4.69) is 51.5 Å². The van der Waals surface area contributed by atoms with Gasteiger partial charge in [-0.05, 0) is 72.8 Å². The van der Waals surface area contributed by atoms with Crippen molar-refractivity contribution in [2.75, 3.05) is 6.61 Å². The van der Waals surface area contributed by atoms with Crippen molar-refractivity contribution in [1.29, 1.82) is 0 Å². The summed E-state index contributed by atoms with van der Waals surface area (Å²) in [6, 6.07) is 0. The molecule has 0 bridgehead atoms. The predicted molar refractivity (Wildman–Crippen MR) is 154 cm³/mol. The van der Waals surface area contributed by atoms with E-state index in [1.165, 1.54) is 38.5 Å². The van der Waals surface area contributed by atoms with Crippen molar-refractivity contribution in [3.8, 4) is 0 Å². The molecule has 1 atom stereocenters. The highest BCUT2D eigenvalue weighted by molar-refractivity contribution is 5.94. The number of hydrogen-bond donors (Lipinski definition) is 0. The van der Waals surface area contributed by atoms with Gasteiger partial charge in [0.1, 0.15) is 11.3 Å². The molecule has 0 aromatic carbocycles. The molecule has 0 spiro atoms. The second-order valence-electron chi connectivity index (χ2n) is 12.4. The molecule has 0 aliphatic heterocycles. The van der Waals surface area contributed by atoms with Gasteiger partial charge in [0.25, 0.3) is 0 Å². The normalized spacial score (nSPS) is 13.4. The number of Topliss-reactive ketones (excluding diaryl/α,β-unsaturated/α-hetero) is 1. The van der Waals surface area contributed by atoms with E-state index in [0.717, 1.165) is 5.69 Å². The van der Waals surface area contributed by atoms with Crippen molar-refractivity contribution in [2.24, 2.45) is 11.3 Å². The highest BCUT2D eigenvalue weighted by Crippen LogP contribution is 2.26. The number of carbonyl (C=O) groups is 2. The van der Waals surface area contributed by atoms with Crippen LogP contribution in [0.3, 0.4) is 0 Å². The van der Waals surface area contributed by atoms with Crippen LogP contribution in [0.25, 0.3) is 6.08 Å². The molecule has 38 heavy (non-hydrogen) atoms. The first-order valence-corrected chi connectivity index (χ1v) is 13.9. The number of nitrogens with zero attached hydrogens (tertiary/aromatic N) is 2. The summed E-state index contributed by atoms with van der Waals surface area (Å²) in [7, 11) is 0. The van der Waals surface area contributed by atoms with E-state index < -0.39 is 23.3 Å². The molecule has 1 aromatic heterocycles. The summed E-state index contributed by atoms with van der Waals surface area (Å²) in [6.07, 6.45) is 8.08. The van der Waals surface area contributed by atoms with Crippen LogP contribution in [0.2, 0.25) is 0 Å². The molecule has 0 aliphatic rings. The quantitative estimate of drug-likeness (QED) is 0.151. The molecule has 1 aromatic rings. The Hall–Kier alpha value is -2.15. The number of carbonyl (C=O) groups excluding carboxylic acids is 2. The fraction of sp³-hybridized carbons (Fsp3) is 0.742. The van der Waals surface area contributed by atoms with E-state index in [1.807, 2.05) is 13.0 Å². The zero-order valence-corrected chi connectivity index (χ0v) is 26.1. The maximum absolute atomic E-state index is 13.8. The summed E-state index contributed by atoms with van der Waals surface area (Å²) in [5, 5.41) is 0. The number of hydrogen-bond acceptors (Lipinski definition) is 6. The van der Waals surface area contributed by atoms with E-state index in [4.69, 9.17) is 9.47 Å². The van der Waals surface area contributed by atoms with Gasteiger partial charge in [-0.1, -0.05) is 59.5 Å². The first-order chi connectivity index (χ1) is 17.3.